The zero-order chi connectivity index (χ0) is 12.5. The maximum Gasteiger partial charge on any atom is 0.231 e. The van der Waals surface area contributed by atoms with Crippen molar-refractivity contribution in [3.05, 3.63) is 0 Å². The minimum atomic E-state index is -0.264. The van der Waals surface area contributed by atoms with Gasteiger partial charge in [0.15, 0.2) is 0 Å². The summed E-state index contributed by atoms with van der Waals surface area (Å²) in [5.74, 6) is -0.561. The number of hydrogen-bond acceptors (Lipinski definition) is 3. The number of rotatable bonds is 2. The summed E-state index contributed by atoms with van der Waals surface area (Å²) in [7, 11) is 1.57. The highest BCUT2D eigenvalue weighted by atomic mass is 16.2. The Labute approximate surface area is 95.4 Å². The van der Waals surface area contributed by atoms with E-state index < -0.39 is 0 Å². The van der Waals surface area contributed by atoms with Gasteiger partial charge in [-0.1, -0.05) is 13.8 Å². The maximum atomic E-state index is 11.7. The molecular formula is C11H18N2O3. The molecule has 1 heterocycles. The fourth-order valence-electron chi connectivity index (χ4n) is 1.68. The summed E-state index contributed by atoms with van der Waals surface area (Å²) < 4.78 is 0. The lowest BCUT2D eigenvalue weighted by Crippen LogP contribution is -2.50. The molecule has 1 aliphatic heterocycles. The number of carbonyl (C=O) groups excluding carboxylic acids is 3. The number of amides is 3. The van der Waals surface area contributed by atoms with Crippen LogP contribution in [0.3, 0.4) is 0 Å². The van der Waals surface area contributed by atoms with Gasteiger partial charge in [0.2, 0.25) is 17.7 Å². The molecule has 0 radical (unpaired) electrons. The molecule has 0 N–H and O–H groups in total. The summed E-state index contributed by atoms with van der Waals surface area (Å²) in [6, 6.07) is 0. The molecule has 0 spiro atoms. The van der Waals surface area contributed by atoms with E-state index in [0.29, 0.717) is 12.8 Å². The molecule has 0 bridgehead atoms. The normalized spacial score (nSPS) is 19.9. The number of carbonyl (C=O) groups is 3. The molecule has 5 nitrogen and oxygen atoms in total. The minimum absolute atomic E-state index is 0.0586. The number of imide groups is 1. The van der Waals surface area contributed by atoms with E-state index in [0.717, 1.165) is 4.90 Å². The average molecular weight is 226 g/mol. The van der Waals surface area contributed by atoms with Crippen LogP contribution in [0.5, 0.6) is 0 Å². The van der Waals surface area contributed by atoms with Crippen molar-refractivity contribution in [3.63, 3.8) is 0 Å². The largest absolute Gasteiger partial charge is 0.328 e. The van der Waals surface area contributed by atoms with E-state index in [1.807, 2.05) is 13.8 Å². The van der Waals surface area contributed by atoms with Crippen molar-refractivity contribution in [3.8, 4) is 0 Å². The van der Waals surface area contributed by atoms with Crippen molar-refractivity contribution in [1.82, 2.24) is 9.80 Å². The molecule has 1 fully saturated rings. The van der Waals surface area contributed by atoms with E-state index in [1.54, 1.807) is 7.05 Å². The number of likely N-dealkylation sites (tertiary alicyclic amines) is 1. The highest BCUT2D eigenvalue weighted by molar-refractivity contribution is 5.98. The lowest BCUT2D eigenvalue weighted by molar-refractivity contribution is -0.155. The molecule has 0 aromatic heterocycles. The number of hydrogen-bond donors (Lipinski definition) is 0. The lowest BCUT2D eigenvalue weighted by Gasteiger charge is -2.36. The second-order valence-corrected chi connectivity index (χ2v) is 5.09. The van der Waals surface area contributed by atoms with Crippen LogP contribution >= 0.6 is 0 Å². The molecule has 0 aromatic carbocycles. The third-order valence-corrected chi connectivity index (χ3v) is 2.75. The van der Waals surface area contributed by atoms with E-state index in [9.17, 15) is 14.4 Å². The summed E-state index contributed by atoms with van der Waals surface area (Å²) in [6.45, 7) is 5.26. The van der Waals surface area contributed by atoms with Crippen LogP contribution in [0.4, 0.5) is 0 Å². The van der Waals surface area contributed by atoms with Crippen LogP contribution in [0.2, 0.25) is 0 Å². The molecule has 3 amide bonds. The molecule has 0 saturated carbocycles. The molecule has 90 valence electrons. The van der Waals surface area contributed by atoms with Gasteiger partial charge in [0.25, 0.3) is 0 Å². The van der Waals surface area contributed by atoms with Crippen LogP contribution in [-0.2, 0) is 14.4 Å². The van der Waals surface area contributed by atoms with Crippen LogP contribution in [0.25, 0.3) is 0 Å². The first-order chi connectivity index (χ1) is 7.23. The summed E-state index contributed by atoms with van der Waals surface area (Å²) in [4.78, 5) is 37.0. The fraction of sp³-hybridized carbons (Fsp3) is 0.727. The Kier molecular flexibility index (Phi) is 3.35. The zero-order valence-electron chi connectivity index (χ0n) is 10.2. The Hall–Kier alpha value is -1.39. The van der Waals surface area contributed by atoms with Crippen LogP contribution in [0.1, 0.15) is 33.6 Å². The fourth-order valence-corrected chi connectivity index (χ4v) is 1.68. The molecule has 0 unspecified atom stereocenters. The topological polar surface area (TPSA) is 57.7 Å². The Balaban J connectivity index is 2.72. The first-order valence-corrected chi connectivity index (χ1v) is 5.28. The van der Waals surface area contributed by atoms with Gasteiger partial charge in [0.05, 0.1) is 0 Å². The van der Waals surface area contributed by atoms with E-state index in [1.165, 1.54) is 11.8 Å². The summed E-state index contributed by atoms with van der Waals surface area (Å²) in [5, 5.41) is 0. The van der Waals surface area contributed by atoms with Gasteiger partial charge in [0, 0.05) is 26.8 Å². The van der Waals surface area contributed by atoms with Crippen molar-refractivity contribution >= 4 is 17.7 Å². The van der Waals surface area contributed by atoms with Crippen molar-refractivity contribution < 1.29 is 14.4 Å². The molecule has 0 atom stereocenters. The predicted octanol–water partition coefficient (Wildman–Crippen LogP) is 0.597. The van der Waals surface area contributed by atoms with Crippen LogP contribution < -0.4 is 0 Å². The highest BCUT2D eigenvalue weighted by Crippen LogP contribution is 2.31. The average Bonchev–Trinajstić information content (AvgIpc) is 2.09. The molecule has 0 aliphatic carbocycles. The SMILES string of the molecule is CC(=O)N(C)CN1C(=O)CC(C)(C)CC1=O. The quantitative estimate of drug-likeness (QED) is 0.648. The summed E-state index contributed by atoms with van der Waals surface area (Å²) in [5.41, 5.74) is -0.264. The van der Waals surface area contributed by atoms with Gasteiger partial charge in [-0.05, 0) is 5.41 Å². The summed E-state index contributed by atoms with van der Waals surface area (Å²) >= 11 is 0. The van der Waals surface area contributed by atoms with E-state index in [4.69, 9.17) is 0 Å². The third-order valence-electron chi connectivity index (χ3n) is 2.75. The van der Waals surface area contributed by atoms with Gasteiger partial charge in [-0.3, -0.25) is 19.3 Å². The van der Waals surface area contributed by atoms with Crippen molar-refractivity contribution in [2.75, 3.05) is 13.7 Å². The third kappa shape index (κ3) is 2.81. The zero-order valence-corrected chi connectivity index (χ0v) is 10.2. The van der Waals surface area contributed by atoms with Gasteiger partial charge in [-0.15, -0.1) is 0 Å². The van der Waals surface area contributed by atoms with Gasteiger partial charge in [0.1, 0.15) is 6.67 Å². The van der Waals surface area contributed by atoms with Crippen molar-refractivity contribution in [2.24, 2.45) is 5.41 Å². The molecule has 1 rings (SSSR count). The molecule has 0 aromatic rings. The van der Waals surface area contributed by atoms with E-state index >= 15 is 0 Å². The Bertz CT molecular complexity index is 316. The van der Waals surface area contributed by atoms with Crippen LogP contribution in [-0.4, -0.2) is 41.2 Å². The Morgan fingerprint density at radius 2 is 1.75 bits per heavy atom. The van der Waals surface area contributed by atoms with E-state index in [2.05, 4.69) is 0 Å². The monoisotopic (exact) mass is 226 g/mol. The second-order valence-electron chi connectivity index (χ2n) is 5.09. The molecule has 16 heavy (non-hydrogen) atoms. The van der Waals surface area contributed by atoms with Crippen molar-refractivity contribution in [1.29, 1.82) is 0 Å². The van der Waals surface area contributed by atoms with Gasteiger partial charge >= 0.3 is 0 Å². The lowest BCUT2D eigenvalue weighted by atomic mass is 9.82. The smallest absolute Gasteiger partial charge is 0.231 e. The minimum Gasteiger partial charge on any atom is -0.328 e. The van der Waals surface area contributed by atoms with Crippen molar-refractivity contribution in [2.45, 2.75) is 33.6 Å². The standard InChI is InChI=1S/C11H18N2O3/c1-8(14)12(4)7-13-9(15)5-11(2,3)6-10(13)16/h5-7H2,1-4H3. The molecule has 1 aliphatic rings. The molecule has 1 saturated heterocycles. The van der Waals surface area contributed by atoms with Crippen LogP contribution in [0.15, 0.2) is 0 Å². The van der Waals surface area contributed by atoms with Gasteiger partial charge in [-0.2, -0.15) is 0 Å². The molecule has 5 heteroatoms. The molecular weight excluding hydrogens is 208 g/mol. The Morgan fingerprint density at radius 1 is 1.31 bits per heavy atom. The van der Waals surface area contributed by atoms with Gasteiger partial charge < -0.3 is 4.90 Å². The first kappa shape index (κ1) is 12.7. The predicted molar refractivity (Wildman–Crippen MR) is 58.2 cm³/mol. The van der Waals surface area contributed by atoms with E-state index in [-0.39, 0.29) is 29.8 Å². The Morgan fingerprint density at radius 3 is 2.12 bits per heavy atom. The maximum absolute atomic E-state index is 11.7. The number of nitrogens with zero attached hydrogens (tertiary/aromatic N) is 2. The summed E-state index contributed by atoms with van der Waals surface area (Å²) in [6.07, 6.45) is 0.703. The van der Waals surface area contributed by atoms with Crippen LogP contribution in [0, 0.1) is 5.41 Å². The number of piperidine rings is 1. The van der Waals surface area contributed by atoms with Gasteiger partial charge in [-0.25, -0.2) is 0 Å². The second kappa shape index (κ2) is 4.23. The first-order valence-electron chi connectivity index (χ1n) is 5.28. The highest BCUT2D eigenvalue weighted by Gasteiger charge is 2.37.